The van der Waals surface area contributed by atoms with Gasteiger partial charge in [-0.15, -0.1) is 0 Å². The molecule has 214 valence electrons. The molecule has 1 aromatic heterocycles. The van der Waals surface area contributed by atoms with Gasteiger partial charge in [0.25, 0.3) is 0 Å². The third kappa shape index (κ3) is 5.13. The third-order valence-electron chi connectivity index (χ3n) is 8.82. The lowest BCUT2D eigenvalue weighted by molar-refractivity contribution is 0.670. The number of hydrogen-bond donors (Lipinski definition) is 0. The molecule has 0 saturated heterocycles. The Morgan fingerprint density at radius 1 is 0.378 bits per heavy atom. The summed E-state index contributed by atoms with van der Waals surface area (Å²) in [6, 6.07) is 58.9. The first-order chi connectivity index (χ1) is 22.2. The van der Waals surface area contributed by atoms with Crippen molar-refractivity contribution in [3.05, 3.63) is 169 Å². The molecular weight excluding hydrogens is 544 g/mol. The van der Waals surface area contributed by atoms with Gasteiger partial charge in [-0.05, 0) is 98.5 Å². The molecule has 0 atom stereocenters. The van der Waals surface area contributed by atoms with Crippen LogP contribution in [0.15, 0.2) is 168 Å². The van der Waals surface area contributed by atoms with Crippen LogP contribution < -0.4 is 0 Å². The summed E-state index contributed by atoms with van der Waals surface area (Å²) in [5, 5.41) is 2.26. The van der Waals surface area contributed by atoms with Gasteiger partial charge in [0.05, 0.1) is 0 Å². The number of hydrogen-bond acceptors (Lipinski definition) is 1. The molecule has 7 aromatic carbocycles. The average molecular weight is 577 g/mol. The molecule has 0 bridgehead atoms. The van der Waals surface area contributed by atoms with Crippen molar-refractivity contribution < 1.29 is 4.42 Å². The number of rotatable bonds is 6. The predicted molar refractivity (Wildman–Crippen MR) is 190 cm³/mol. The van der Waals surface area contributed by atoms with Crippen molar-refractivity contribution in [3.8, 4) is 55.6 Å². The number of benzene rings is 7. The molecule has 1 heteroatoms. The van der Waals surface area contributed by atoms with Crippen LogP contribution in [0.5, 0.6) is 0 Å². The maximum atomic E-state index is 6.68. The van der Waals surface area contributed by atoms with Gasteiger partial charge < -0.3 is 4.42 Å². The Bertz CT molecular complexity index is 2290. The molecule has 0 spiro atoms. The average Bonchev–Trinajstić information content (AvgIpc) is 3.50. The normalized spacial score (nSPS) is 11.3. The maximum Gasteiger partial charge on any atom is 0.143 e. The van der Waals surface area contributed by atoms with Gasteiger partial charge in [0.15, 0.2) is 0 Å². The van der Waals surface area contributed by atoms with Crippen LogP contribution in [0.2, 0.25) is 0 Å². The molecule has 45 heavy (non-hydrogen) atoms. The molecule has 8 aromatic rings. The second-order valence-corrected chi connectivity index (χ2v) is 11.7. The van der Waals surface area contributed by atoms with E-state index in [1.54, 1.807) is 0 Å². The minimum atomic E-state index is 0.899. The van der Waals surface area contributed by atoms with Crippen molar-refractivity contribution in [3.63, 3.8) is 0 Å². The van der Waals surface area contributed by atoms with Crippen molar-refractivity contribution >= 4 is 21.9 Å². The fourth-order valence-corrected chi connectivity index (χ4v) is 6.42. The molecule has 1 heterocycles. The molecule has 0 N–H and O–H groups in total. The Hall–Kier alpha value is -5.66. The molecule has 0 aliphatic rings. The standard InChI is InChI=1S/C44H32O/c1-2-30-12-9-21-38(24-30)40-28-39(36-20-11-18-34(26-36)32-15-7-4-8-16-32)29-42-41-27-37(22-23-43(41)45-44(40)42)35-19-10-17-33(25-35)31-13-5-3-6-14-31/h3-29H,2H2,1H3. The minimum Gasteiger partial charge on any atom is -0.455 e. The van der Waals surface area contributed by atoms with Crippen LogP contribution in [0.4, 0.5) is 0 Å². The van der Waals surface area contributed by atoms with Crippen LogP contribution >= 0.6 is 0 Å². The second-order valence-electron chi connectivity index (χ2n) is 11.7. The first-order valence-corrected chi connectivity index (χ1v) is 15.6. The van der Waals surface area contributed by atoms with Crippen LogP contribution in [0.3, 0.4) is 0 Å². The Balaban J connectivity index is 1.33. The van der Waals surface area contributed by atoms with Crippen LogP contribution in [-0.2, 0) is 6.42 Å². The van der Waals surface area contributed by atoms with E-state index in [9.17, 15) is 0 Å². The van der Waals surface area contributed by atoms with E-state index in [-0.39, 0.29) is 0 Å². The highest BCUT2D eigenvalue weighted by molar-refractivity contribution is 6.12. The maximum absolute atomic E-state index is 6.68. The lowest BCUT2D eigenvalue weighted by atomic mass is 9.93. The van der Waals surface area contributed by atoms with Crippen molar-refractivity contribution in [2.24, 2.45) is 0 Å². The van der Waals surface area contributed by atoms with Crippen molar-refractivity contribution in [2.45, 2.75) is 13.3 Å². The lowest BCUT2D eigenvalue weighted by Crippen LogP contribution is -1.87. The van der Waals surface area contributed by atoms with Crippen molar-refractivity contribution in [1.82, 2.24) is 0 Å². The fourth-order valence-electron chi connectivity index (χ4n) is 6.42. The molecule has 0 aliphatic heterocycles. The van der Waals surface area contributed by atoms with Crippen molar-refractivity contribution in [2.75, 3.05) is 0 Å². The molecule has 0 fully saturated rings. The summed E-state index contributed by atoms with van der Waals surface area (Å²) in [6.07, 6.45) is 0.987. The van der Waals surface area contributed by atoms with E-state index in [1.807, 2.05) is 0 Å². The second kappa shape index (κ2) is 11.4. The van der Waals surface area contributed by atoms with E-state index in [0.29, 0.717) is 0 Å². The molecule has 0 radical (unpaired) electrons. The van der Waals surface area contributed by atoms with E-state index in [1.165, 1.54) is 55.6 Å². The SMILES string of the molecule is CCc1cccc(-c2cc(-c3cccc(-c4ccccc4)c3)cc3c2oc2ccc(-c4cccc(-c5ccccc5)c4)cc23)c1. The zero-order valence-electron chi connectivity index (χ0n) is 25.2. The zero-order valence-corrected chi connectivity index (χ0v) is 25.2. The predicted octanol–water partition coefficient (Wildman–Crippen LogP) is 12.5. The Morgan fingerprint density at radius 2 is 0.889 bits per heavy atom. The highest BCUT2D eigenvalue weighted by Crippen LogP contribution is 2.41. The molecule has 1 nitrogen and oxygen atoms in total. The molecular formula is C44H32O. The highest BCUT2D eigenvalue weighted by Gasteiger charge is 2.17. The topological polar surface area (TPSA) is 13.1 Å². The molecule has 0 unspecified atom stereocenters. The van der Waals surface area contributed by atoms with E-state index in [0.717, 1.165) is 33.9 Å². The summed E-state index contributed by atoms with van der Waals surface area (Å²) in [6.45, 7) is 2.20. The quantitative estimate of drug-likeness (QED) is 0.192. The summed E-state index contributed by atoms with van der Waals surface area (Å²) in [4.78, 5) is 0. The third-order valence-corrected chi connectivity index (χ3v) is 8.82. The van der Waals surface area contributed by atoms with E-state index < -0.39 is 0 Å². The van der Waals surface area contributed by atoms with Crippen LogP contribution in [0, 0.1) is 0 Å². The summed E-state index contributed by atoms with van der Waals surface area (Å²) >= 11 is 0. The van der Waals surface area contributed by atoms with Gasteiger partial charge in [-0.2, -0.15) is 0 Å². The monoisotopic (exact) mass is 576 g/mol. The first kappa shape index (κ1) is 26.9. The van der Waals surface area contributed by atoms with Gasteiger partial charge in [0.2, 0.25) is 0 Å². The molecule has 8 rings (SSSR count). The number of fused-ring (bicyclic) bond motifs is 3. The van der Waals surface area contributed by atoms with Gasteiger partial charge in [-0.1, -0.05) is 134 Å². The summed E-state index contributed by atoms with van der Waals surface area (Å²) in [5.41, 5.74) is 15.0. The first-order valence-electron chi connectivity index (χ1n) is 15.6. The van der Waals surface area contributed by atoms with Gasteiger partial charge in [0.1, 0.15) is 11.2 Å². The van der Waals surface area contributed by atoms with Gasteiger partial charge in [-0.25, -0.2) is 0 Å². The number of aryl methyl sites for hydroxylation is 1. The largest absolute Gasteiger partial charge is 0.455 e. The zero-order chi connectivity index (χ0) is 30.2. The Morgan fingerprint density at radius 3 is 1.53 bits per heavy atom. The highest BCUT2D eigenvalue weighted by atomic mass is 16.3. The van der Waals surface area contributed by atoms with E-state index in [4.69, 9.17) is 4.42 Å². The molecule has 0 aliphatic carbocycles. The van der Waals surface area contributed by atoms with Crippen LogP contribution in [0.25, 0.3) is 77.6 Å². The fraction of sp³-hybridized carbons (Fsp3) is 0.0455. The van der Waals surface area contributed by atoms with Crippen molar-refractivity contribution in [1.29, 1.82) is 0 Å². The Kier molecular flexibility index (Phi) is 6.85. The minimum absolute atomic E-state index is 0.899. The number of furan rings is 1. The van der Waals surface area contributed by atoms with E-state index in [2.05, 4.69) is 171 Å². The van der Waals surface area contributed by atoms with Crippen LogP contribution in [0.1, 0.15) is 12.5 Å². The molecule has 0 saturated carbocycles. The van der Waals surface area contributed by atoms with Gasteiger partial charge in [0, 0.05) is 16.3 Å². The van der Waals surface area contributed by atoms with Gasteiger partial charge in [-0.3, -0.25) is 0 Å². The lowest BCUT2D eigenvalue weighted by Gasteiger charge is -2.11. The Labute approximate surface area is 264 Å². The summed E-state index contributed by atoms with van der Waals surface area (Å²) < 4.78 is 6.68. The van der Waals surface area contributed by atoms with Crippen LogP contribution in [-0.4, -0.2) is 0 Å². The van der Waals surface area contributed by atoms with E-state index >= 15 is 0 Å². The summed E-state index contributed by atoms with van der Waals surface area (Å²) in [5.74, 6) is 0. The molecule has 0 amide bonds. The summed E-state index contributed by atoms with van der Waals surface area (Å²) in [7, 11) is 0. The smallest absolute Gasteiger partial charge is 0.143 e. The van der Waals surface area contributed by atoms with Gasteiger partial charge >= 0.3 is 0 Å².